The molecule has 0 aromatic heterocycles. The maximum Gasteiger partial charge on any atom is 0.513 e. The van der Waals surface area contributed by atoms with Crippen LogP contribution in [-0.2, 0) is 4.74 Å². The molecule has 2 aromatic rings. The second-order valence-corrected chi connectivity index (χ2v) is 4.50. The molecule has 0 saturated heterocycles. The van der Waals surface area contributed by atoms with Crippen molar-refractivity contribution in [3.05, 3.63) is 53.0 Å². The van der Waals surface area contributed by atoms with E-state index in [1.807, 2.05) is 36.4 Å². The van der Waals surface area contributed by atoms with Crippen LogP contribution >= 0.6 is 15.9 Å². The van der Waals surface area contributed by atoms with E-state index >= 15 is 0 Å². The van der Waals surface area contributed by atoms with Gasteiger partial charge in [0.2, 0.25) is 0 Å². The number of hydrogen-bond acceptors (Lipinski definition) is 3. The second kappa shape index (κ2) is 5.69. The van der Waals surface area contributed by atoms with E-state index in [9.17, 15) is 4.79 Å². The zero-order valence-electron chi connectivity index (χ0n) is 9.72. The Kier molecular flexibility index (Phi) is 3.99. The third kappa shape index (κ3) is 3.11. The summed E-state index contributed by atoms with van der Waals surface area (Å²) in [6.07, 6.45) is -0.716. The van der Waals surface area contributed by atoms with Crippen molar-refractivity contribution in [2.45, 2.75) is 0 Å². The first-order valence-electron chi connectivity index (χ1n) is 5.31. The molecule has 4 heteroatoms. The molecule has 18 heavy (non-hydrogen) atoms. The van der Waals surface area contributed by atoms with E-state index in [0.29, 0.717) is 5.75 Å². The number of carbonyl (C=O) groups excluding carboxylic acids is 1. The molecular weight excluding hydrogens is 296 g/mol. The fourth-order valence-corrected chi connectivity index (χ4v) is 1.76. The Morgan fingerprint density at radius 2 is 1.44 bits per heavy atom. The lowest BCUT2D eigenvalue weighted by Gasteiger charge is -2.05. The third-order valence-electron chi connectivity index (χ3n) is 2.40. The van der Waals surface area contributed by atoms with Crippen LogP contribution in [0.25, 0.3) is 11.1 Å². The average Bonchev–Trinajstić information content (AvgIpc) is 2.40. The van der Waals surface area contributed by atoms with Crippen LogP contribution in [0, 0.1) is 0 Å². The molecule has 0 fully saturated rings. The molecule has 0 bridgehead atoms. The maximum atomic E-state index is 10.9. The van der Waals surface area contributed by atoms with Crippen molar-refractivity contribution in [3.8, 4) is 16.9 Å². The first kappa shape index (κ1) is 12.6. The van der Waals surface area contributed by atoms with Crippen LogP contribution in [0.15, 0.2) is 53.0 Å². The van der Waals surface area contributed by atoms with Gasteiger partial charge in [-0.05, 0) is 35.4 Å². The van der Waals surface area contributed by atoms with Crippen molar-refractivity contribution in [1.82, 2.24) is 0 Å². The SMILES string of the molecule is COC(=O)Oc1ccc(-c2ccc(Br)cc2)cc1. The van der Waals surface area contributed by atoms with E-state index in [1.165, 1.54) is 7.11 Å². The van der Waals surface area contributed by atoms with Crippen molar-refractivity contribution >= 4 is 22.1 Å². The fraction of sp³-hybridized carbons (Fsp3) is 0.0714. The van der Waals surface area contributed by atoms with Gasteiger partial charge in [0.05, 0.1) is 7.11 Å². The summed E-state index contributed by atoms with van der Waals surface area (Å²) in [5, 5.41) is 0. The Labute approximate surface area is 113 Å². The molecule has 0 heterocycles. The van der Waals surface area contributed by atoms with Crippen LogP contribution < -0.4 is 4.74 Å². The van der Waals surface area contributed by atoms with Crippen LogP contribution in [0.5, 0.6) is 5.75 Å². The molecule has 0 aliphatic carbocycles. The average molecular weight is 307 g/mol. The quantitative estimate of drug-likeness (QED) is 0.614. The molecule has 0 spiro atoms. The van der Waals surface area contributed by atoms with Crippen LogP contribution in [0.4, 0.5) is 4.79 Å². The van der Waals surface area contributed by atoms with E-state index in [1.54, 1.807) is 12.1 Å². The lowest BCUT2D eigenvalue weighted by molar-refractivity contribution is 0.121. The zero-order valence-corrected chi connectivity index (χ0v) is 11.3. The van der Waals surface area contributed by atoms with Crippen molar-refractivity contribution < 1.29 is 14.3 Å². The van der Waals surface area contributed by atoms with E-state index < -0.39 is 6.16 Å². The minimum absolute atomic E-state index is 0.461. The van der Waals surface area contributed by atoms with Gasteiger partial charge in [-0.2, -0.15) is 0 Å². The van der Waals surface area contributed by atoms with Crippen LogP contribution in [0.1, 0.15) is 0 Å². The van der Waals surface area contributed by atoms with E-state index in [-0.39, 0.29) is 0 Å². The molecular formula is C14H11BrO3. The number of rotatable bonds is 2. The monoisotopic (exact) mass is 306 g/mol. The molecule has 0 aliphatic rings. The minimum atomic E-state index is -0.716. The highest BCUT2D eigenvalue weighted by Crippen LogP contribution is 2.24. The molecule has 3 nitrogen and oxygen atoms in total. The minimum Gasteiger partial charge on any atom is -0.437 e. The summed E-state index contributed by atoms with van der Waals surface area (Å²) in [5.74, 6) is 0.461. The van der Waals surface area contributed by atoms with Crippen molar-refractivity contribution in [2.24, 2.45) is 0 Å². The molecule has 0 atom stereocenters. The van der Waals surface area contributed by atoms with Gasteiger partial charge in [-0.15, -0.1) is 0 Å². The van der Waals surface area contributed by atoms with Gasteiger partial charge in [-0.3, -0.25) is 0 Å². The Balaban J connectivity index is 2.17. The highest BCUT2D eigenvalue weighted by atomic mass is 79.9. The Morgan fingerprint density at radius 1 is 0.944 bits per heavy atom. The number of carbonyl (C=O) groups is 1. The molecule has 0 unspecified atom stereocenters. The summed E-state index contributed by atoms with van der Waals surface area (Å²) in [6, 6.07) is 15.2. The fourth-order valence-electron chi connectivity index (χ4n) is 1.50. The predicted molar refractivity (Wildman–Crippen MR) is 72.6 cm³/mol. The summed E-state index contributed by atoms with van der Waals surface area (Å²) in [7, 11) is 1.28. The predicted octanol–water partition coefficient (Wildman–Crippen LogP) is 4.26. The highest BCUT2D eigenvalue weighted by Gasteiger charge is 2.03. The molecule has 2 aromatic carbocycles. The number of hydrogen-bond donors (Lipinski definition) is 0. The van der Waals surface area contributed by atoms with E-state index in [0.717, 1.165) is 15.6 Å². The second-order valence-electron chi connectivity index (χ2n) is 3.59. The van der Waals surface area contributed by atoms with E-state index in [4.69, 9.17) is 4.74 Å². The van der Waals surface area contributed by atoms with Crippen molar-refractivity contribution in [1.29, 1.82) is 0 Å². The number of ether oxygens (including phenoxy) is 2. The molecule has 0 aliphatic heterocycles. The van der Waals surface area contributed by atoms with Crippen molar-refractivity contribution in [3.63, 3.8) is 0 Å². The summed E-state index contributed by atoms with van der Waals surface area (Å²) >= 11 is 3.39. The maximum absolute atomic E-state index is 10.9. The van der Waals surface area contributed by atoms with Crippen LogP contribution in [0.2, 0.25) is 0 Å². The molecule has 0 N–H and O–H groups in total. The normalized spacial score (nSPS) is 9.89. The lowest BCUT2D eigenvalue weighted by atomic mass is 10.1. The number of halogens is 1. The zero-order chi connectivity index (χ0) is 13.0. The highest BCUT2D eigenvalue weighted by molar-refractivity contribution is 9.10. The van der Waals surface area contributed by atoms with Crippen LogP contribution in [-0.4, -0.2) is 13.3 Å². The standard InChI is InChI=1S/C14H11BrO3/c1-17-14(16)18-13-8-4-11(5-9-13)10-2-6-12(15)7-3-10/h2-9H,1H3. The van der Waals surface area contributed by atoms with Gasteiger partial charge in [0.25, 0.3) is 0 Å². The Morgan fingerprint density at radius 3 is 1.94 bits per heavy atom. The topological polar surface area (TPSA) is 35.5 Å². The van der Waals surface area contributed by atoms with Gasteiger partial charge in [-0.1, -0.05) is 40.2 Å². The van der Waals surface area contributed by atoms with Gasteiger partial charge >= 0.3 is 6.16 Å². The van der Waals surface area contributed by atoms with Gasteiger partial charge < -0.3 is 9.47 Å². The molecule has 92 valence electrons. The smallest absolute Gasteiger partial charge is 0.437 e. The first-order valence-corrected chi connectivity index (χ1v) is 6.10. The Bertz CT molecular complexity index is 532. The first-order chi connectivity index (χ1) is 8.69. The molecule has 0 saturated carbocycles. The lowest BCUT2D eigenvalue weighted by Crippen LogP contribution is -2.06. The number of benzene rings is 2. The molecule has 2 rings (SSSR count). The summed E-state index contributed by atoms with van der Waals surface area (Å²) in [6.45, 7) is 0. The van der Waals surface area contributed by atoms with Gasteiger partial charge in [0, 0.05) is 4.47 Å². The van der Waals surface area contributed by atoms with Crippen molar-refractivity contribution in [2.75, 3.05) is 7.11 Å². The van der Waals surface area contributed by atoms with Gasteiger partial charge in [0.1, 0.15) is 5.75 Å². The summed E-state index contributed by atoms with van der Waals surface area (Å²) in [4.78, 5) is 10.9. The van der Waals surface area contributed by atoms with E-state index in [2.05, 4.69) is 20.7 Å². The Hall–Kier alpha value is -1.81. The third-order valence-corrected chi connectivity index (χ3v) is 2.93. The van der Waals surface area contributed by atoms with Gasteiger partial charge in [-0.25, -0.2) is 4.79 Å². The number of methoxy groups -OCH3 is 1. The van der Waals surface area contributed by atoms with Gasteiger partial charge in [0.15, 0.2) is 0 Å². The van der Waals surface area contributed by atoms with Crippen LogP contribution in [0.3, 0.4) is 0 Å². The summed E-state index contributed by atoms with van der Waals surface area (Å²) < 4.78 is 10.4. The largest absolute Gasteiger partial charge is 0.513 e. The molecule has 0 radical (unpaired) electrons. The molecule has 0 amide bonds. The summed E-state index contributed by atoms with van der Waals surface area (Å²) in [5.41, 5.74) is 2.16.